The Balaban J connectivity index is 1.52. The zero-order valence-electron chi connectivity index (χ0n) is 17.8. The van der Waals surface area contributed by atoms with Gasteiger partial charge in [0.05, 0.1) is 10.4 Å². The summed E-state index contributed by atoms with van der Waals surface area (Å²) in [6.45, 7) is 0. The monoisotopic (exact) mass is 446 g/mol. The van der Waals surface area contributed by atoms with Gasteiger partial charge in [0, 0.05) is 48.6 Å². The number of aromatic nitrogens is 2. The first-order chi connectivity index (χ1) is 15.7. The van der Waals surface area contributed by atoms with E-state index in [2.05, 4.69) is 10.3 Å². The van der Waals surface area contributed by atoms with Crippen molar-refractivity contribution in [3.8, 4) is 11.4 Å². The Bertz CT molecular complexity index is 1380. The number of nitrogens with zero attached hydrogens (tertiary/aromatic N) is 4. The van der Waals surface area contributed by atoms with Gasteiger partial charge in [-0.05, 0) is 54.6 Å². The SMILES string of the molecule is CN(C)C(=O)c1ccc(C(=O)Nc2ccc(-c3nc4ccc([N+](=O)O)cc4n3O)cc2)cc1. The number of amides is 2. The van der Waals surface area contributed by atoms with Gasteiger partial charge in [-0.25, -0.2) is 10.2 Å². The molecule has 1 aromatic heterocycles. The number of fused-ring (bicyclic) bond motifs is 1. The highest BCUT2D eigenvalue weighted by atomic mass is 16.6. The van der Waals surface area contributed by atoms with E-state index in [0.717, 1.165) is 4.73 Å². The van der Waals surface area contributed by atoms with Crippen LogP contribution in [-0.4, -0.2) is 55.9 Å². The maximum Gasteiger partial charge on any atom is 0.318 e. The zero-order chi connectivity index (χ0) is 23.7. The Labute approximate surface area is 187 Å². The standard InChI is InChI=1S/C23H19N5O5/c1-26(2)23(30)16-5-3-15(4-6-16)22(29)24-17-9-7-14(8-10-17)21-25-19-12-11-18(28(32)33)13-20(19)27(21)31/h3-13,31H,1-2H3,(H-,24,25,29,32,33)/p+1. The first kappa shape index (κ1) is 21.5. The second kappa shape index (κ2) is 8.42. The highest BCUT2D eigenvalue weighted by Crippen LogP contribution is 2.27. The first-order valence-corrected chi connectivity index (χ1v) is 9.86. The average Bonchev–Trinajstić information content (AvgIpc) is 3.14. The maximum atomic E-state index is 12.5. The number of hydrogen-bond donors (Lipinski definition) is 3. The lowest BCUT2D eigenvalue weighted by Gasteiger charge is -2.11. The van der Waals surface area contributed by atoms with E-state index in [9.17, 15) is 19.7 Å². The predicted octanol–water partition coefficient (Wildman–Crippen LogP) is 3.69. The van der Waals surface area contributed by atoms with Crippen LogP contribution in [0.4, 0.5) is 11.4 Å². The highest BCUT2D eigenvalue weighted by molar-refractivity contribution is 6.05. The van der Waals surface area contributed by atoms with E-state index < -0.39 is 0 Å². The number of carbonyl (C=O) groups excluding carboxylic acids is 2. The molecule has 0 saturated carbocycles. The molecule has 0 spiro atoms. The Kier molecular flexibility index (Phi) is 5.49. The summed E-state index contributed by atoms with van der Waals surface area (Å²) in [5.41, 5.74) is 2.64. The Morgan fingerprint density at radius 1 is 0.970 bits per heavy atom. The lowest BCUT2D eigenvalue weighted by atomic mass is 10.1. The van der Waals surface area contributed by atoms with Crippen LogP contribution in [-0.2, 0) is 0 Å². The van der Waals surface area contributed by atoms with Crippen LogP contribution in [0, 0.1) is 4.91 Å². The molecule has 33 heavy (non-hydrogen) atoms. The minimum absolute atomic E-state index is 0.0403. The van der Waals surface area contributed by atoms with Crippen molar-refractivity contribution in [1.82, 2.24) is 14.6 Å². The van der Waals surface area contributed by atoms with Crippen LogP contribution < -0.4 is 5.32 Å². The fourth-order valence-electron chi connectivity index (χ4n) is 3.29. The topological polar surface area (TPSA) is 128 Å². The molecule has 0 unspecified atom stereocenters. The van der Waals surface area contributed by atoms with Gasteiger partial charge in [0.1, 0.15) is 5.52 Å². The number of hydrogen-bond acceptors (Lipinski definition) is 5. The van der Waals surface area contributed by atoms with Crippen molar-refractivity contribution in [1.29, 1.82) is 0 Å². The van der Waals surface area contributed by atoms with Crippen molar-refractivity contribution in [3.63, 3.8) is 0 Å². The third-order valence-electron chi connectivity index (χ3n) is 5.04. The molecule has 10 heteroatoms. The molecule has 4 aromatic rings. The quantitative estimate of drug-likeness (QED) is 0.317. The van der Waals surface area contributed by atoms with Crippen molar-refractivity contribution in [2.75, 3.05) is 19.4 Å². The van der Waals surface area contributed by atoms with Gasteiger partial charge < -0.3 is 15.4 Å². The average molecular weight is 446 g/mol. The summed E-state index contributed by atoms with van der Waals surface area (Å²) in [6.07, 6.45) is 0. The maximum absolute atomic E-state index is 12.5. The largest absolute Gasteiger partial charge is 0.426 e. The van der Waals surface area contributed by atoms with Gasteiger partial charge in [-0.1, -0.05) is 0 Å². The Morgan fingerprint density at radius 2 is 1.61 bits per heavy atom. The van der Waals surface area contributed by atoms with Gasteiger partial charge in [0.25, 0.3) is 16.7 Å². The third kappa shape index (κ3) is 4.22. The fourth-order valence-corrected chi connectivity index (χ4v) is 3.29. The van der Waals surface area contributed by atoms with Gasteiger partial charge in [-0.15, -0.1) is 0 Å². The summed E-state index contributed by atoms with van der Waals surface area (Å²) >= 11 is 0. The number of rotatable bonds is 5. The van der Waals surface area contributed by atoms with E-state index in [-0.39, 0.29) is 33.8 Å². The molecular weight excluding hydrogens is 426 g/mol. The molecule has 0 aliphatic carbocycles. The van der Waals surface area contributed by atoms with Crippen molar-refractivity contribution in [2.45, 2.75) is 0 Å². The van der Waals surface area contributed by atoms with Crippen molar-refractivity contribution in [2.24, 2.45) is 0 Å². The second-order valence-electron chi connectivity index (χ2n) is 7.50. The van der Waals surface area contributed by atoms with Crippen LogP contribution in [0.3, 0.4) is 0 Å². The second-order valence-corrected chi connectivity index (χ2v) is 7.50. The van der Waals surface area contributed by atoms with Gasteiger partial charge in [0.15, 0.2) is 5.82 Å². The van der Waals surface area contributed by atoms with Gasteiger partial charge in [-0.3, -0.25) is 9.59 Å². The molecule has 0 atom stereocenters. The van der Waals surface area contributed by atoms with E-state index >= 15 is 0 Å². The normalized spacial score (nSPS) is 10.7. The first-order valence-electron chi connectivity index (χ1n) is 9.86. The molecule has 10 nitrogen and oxygen atoms in total. The van der Waals surface area contributed by atoms with Gasteiger partial charge in [-0.2, -0.15) is 4.73 Å². The lowest BCUT2D eigenvalue weighted by molar-refractivity contribution is -0.729. The van der Waals surface area contributed by atoms with E-state index in [4.69, 9.17) is 5.21 Å². The number of carbonyl (C=O) groups is 2. The molecule has 166 valence electrons. The molecule has 0 aliphatic rings. The van der Waals surface area contributed by atoms with Crippen molar-refractivity contribution >= 4 is 34.2 Å². The minimum atomic E-state index is -0.334. The van der Waals surface area contributed by atoms with Crippen LogP contribution in [0.2, 0.25) is 0 Å². The molecule has 0 saturated heterocycles. The summed E-state index contributed by atoms with van der Waals surface area (Å²) in [7, 11) is 3.32. The number of imidazole rings is 1. The Hall–Kier alpha value is -4.73. The fraction of sp³-hybridized carbons (Fsp3) is 0.0870. The van der Waals surface area contributed by atoms with Gasteiger partial charge >= 0.3 is 5.69 Å². The molecule has 1 heterocycles. The van der Waals surface area contributed by atoms with Crippen LogP contribution in [0.1, 0.15) is 20.7 Å². The van der Waals surface area contributed by atoms with E-state index in [1.165, 1.54) is 23.1 Å². The van der Waals surface area contributed by atoms with Crippen LogP contribution in [0.5, 0.6) is 0 Å². The van der Waals surface area contributed by atoms with Crippen molar-refractivity contribution in [3.05, 3.63) is 82.8 Å². The molecule has 0 bridgehead atoms. The smallest absolute Gasteiger partial charge is 0.318 e. The summed E-state index contributed by atoms with van der Waals surface area (Å²) in [6, 6.07) is 17.2. The number of benzene rings is 3. The molecule has 0 aliphatic heterocycles. The summed E-state index contributed by atoms with van der Waals surface area (Å²) in [5, 5.41) is 22.3. The van der Waals surface area contributed by atoms with E-state index in [1.54, 1.807) is 62.6 Å². The third-order valence-corrected chi connectivity index (χ3v) is 5.04. The summed E-state index contributed by atoms with van der Waals surface area (Å²) in [5.74, 6) is -0.248. The number of anilines is 1. The zero-order valence-corrected chi connectivity index (χ0v) is 17.8. The highest BCUT2D eigenvalue weighted by Gasteiger charge is 2.18. The lowest BCUT2D eigenvalue weighted by Crippen LogP contribution is -2.21. The summed E-state index contributed by atoms with van der Waals surface area (Å²) in [4.78, 5) is 41.1. The summed E-state index contributed by atoms with van der Waals surface area (Å²) < 4.78 is 0.826. The van der Waals surface area contributed by atoms with Crippen LogP contribution >= 0.6 is 0 Å². The van der Waals surface area contributed by atoms with Crippen molar-refractivity contribution < 1.29 is 24.9 Å². The van der Waals surface area contributed by atoms with Gasteiger partial charge in [0.2, 0.25) is 0 Å². The predicted molar refractivity (Wildman–Crippen MR) is 120 cm³/mol. The molecule has 4 rings (SSSR count). The molecule has 2 amide bonds. The minimum Gasteiger partial charge on any atom is -0.426 e. The number of nitrogens with one attached hydrogen (secondary N) is 1. The van der Waals surface area contributed by atoms with Crippen LogP contribution in [0.15, 0.2) is 66.7 Å². The van der Waals surface area contributed by atoms with Crippen LogP contribution in [0.25, 0.3) is 22.4 Å². The Morgan fingerprint density at radius 3 is 2.21 bits per heavy atom. The van der Waals surface area contributed by atoms with E-state index in [0.29, 0.717) is 27.9 Å². The molecular formula is C23H20N5O5+. The molecule has 0 radical (unpaired) electrons. The molecule has 0 fully saturated rings. The van der Waals surface area contributed by atoms with E-state index in [1.807, 2.05) is 0 Å². The molecule has 3 N–H and O–H groups in total. The molecule has 3 aromatic carbocycles.